The van der Waals surface area contributed by atoms with Crippen molar-refractivity contribution in [2.75, 3.05) is 11.9 Å². The SMILES string of the molecule is CCOC(=O)c1ccc2nc(NC(=O)Cn3cnc4sc(C(=O)O)c(C)c4c3=O)sc2c1. The molecule has 10 nitrogen and oxygen atoms in total. The highest BCUT2D eigenvalue weighted by Crippen LogP contribution is 2.28. The van der Waals surface area contributed by atoms with E-state index < -0.39 is 23.4 Å². The fraction of sp³-hybridized carbons (Fsp3) is 0.200. The van der Waals surface area contributed by atoms with Crippen LogP contribution >= 0.6 is 22.7 Å². The number of carbonyl (C=O) groups excluding carboxylic acids is 2. The minimum Gasteiger partial charge on any atom is -0.477 e. The van der Waals surface area contributed by atoms with Crippen LogP contribution in [0.5, 0.6) is 0 Å². The lowest BCUT2D eigenvalue weighted by Gasteiger charge is -2.05. The molecule has 4 rings (SSSR count). The van der Waals surface area contributed by atoms with Gasteiger partial charge < -0.3 is 15.2 Å². The van der Waals surface area contributed by atoms with Crippen molar-refractivity contribution < 1.29 is 24.2 Å². The van der Waals surface area contributed by atoms with Gasteiger partial charge in [-0.3, -0.25) is 14.2 Å². The number of thiophene rings is 1. The molecule has 4 aromatic rings. The summed E-state index contributed by atoms with van der Waals surface area (Å²) in [6.45, 7) is 3.22. The molecular weight excluding hydrogens is 456 g/mol. The first kappa shape index (κ1) is 21.6. The van der Waals surface area contributed by atoms with Crippen molar-refractivity contribution in [1.82, 2.24) is 14.5 Å². The number of hydrogen-bond acceptors (Lipinski definition) is 9. The molecule has 3 aromatic heterocycles. The molecule has 32 heavy (non-hydrogen) atoms. The zero-order valence-corrected chi connectivity index (χ0v) is 18.5. The first-order chi connectivity index (χ1) is 15.3. The Balaban J connectivity index is 1.55. The lowest BCUT2D eigenvalue weighted by molar-refractivity contribution is -0.116. The van der Waals surface area contributed by atoms with Gasteiger partial charge in [0.05, 0.1) is 34.1 Å². The van der Waals surface area contributed by atoms with E-state index in [1.54, 1.807) is 32.0 Å². The van der Waals surface area contributed by atoms with Gasteiger partial charge in [0.15, 0.2) is 5.13 Å². The molecular formula is C20H16N4O6S2. The molecule has 0 aliphatic heterocycles. The smallest absolute Gasteiger partial charge is 0.346 e. The van der Waals surface area contributed by atoms with Gasteiger partial charge in [-0.15, -0.1) is 11.3 Å². The molecule has 164 valence electrons. The fourth-order valence-electron chi connectivity index (χ4n) is 3.11. The molecule has 0 atom stereocenters. The summed E-state index contributed by atoms with van der Waals surface area (Å²) in [4.78, 5) is 57.3. The number of aromatic nitrogens is 3. The zero-order valence-electron chi connectivity index (χ0n) is 16.9. The largest absolute Gasteiger partial charge is 0.477 e. The number of benzene rings is 1. The van der Waals surface area contributed by atoms with Crippen molar-refractivity contribution in [2.24, 2.45) is 0 Å². The van der Waals surface area contributed by atoms with Crippen LogP contribution in [0.3, 0.4) is 0 Å². The fourth-order valence-corrected chi connectivity index (χ4v) is 5.01. The number of fused-ring (bicyclic) bond motifs is 2. The highest BCUT2D eigenvalue weighted by Gasteiger charge is 2.19. The number of esters is 1. The summed E-state index contributed by atoms with van der Waals surface area (Å²) in [7, 11) is 0. The number of aromatic carboxylic acids is 1. The van der Waals surface area contributed by atoms with Crippen molar-refractivity contribution in [3.8, 4) is 0 Å². The van der Waals surface area contributed by atoms with Crippen LogP contribution in [0.2, 0.25) is 0 Å². The van der Waals surface area contributed by atoms with E-state index in [4.69, 9.17) is 4.74 Å². The summed E-state index contributed by atoms with van der Waals surface area (Å²) in [5, 5.41) is 12.4. The summed E-state index contributed by atoms with van der Waals surface area (Å²) in [6.07, 6.45) is 1.22. The normalized spacial score (nSPS) is 11.1. The Hall–Kier alpha value is -3.64. The Morgan fingerprint density at radius 2 is 2.03 bits per heavy atom. The Labute approximate surface area is 188 Å². The van der Waals surface area contributed by atoms with E-state index >= 15 is 0 Å². The van der Waals surface area contributed by atoms with Gasteiger partial charge in [0.1, 0.15) is 16.3 Å². The number of thiazole rings is 1. The lowest BCUT2D eigenvalue weighted by Crippen LogP contribution is -2.27. The summed E-state index contributed by atoms with van der Waals surface area (Å²) < 4.78 is 6.80. The molecule has 0 saturated heterocycles. The van der Waals surface area contributed by atoms with E-state index in [0.29, 0.717) is 31.3 Å². The molecule has 0 fully saturated rings. The molecule has 0 spiro atoms. The Morgan fingerprint density at radius 1 is 1.25 bits per heavy atom. The van der Waals surface area contributed by atoms with Gasteiger partial charge in [0, 0.05) is 0 Å². The van der Waals surface area contributed by atoms with Gasteiger partial charge in [0.25, 0.3) is 5.56 Å². The number of aryl methyl sites for hydroxylation is 1. The first-order valence-electron chi connectivity index (χ1n) is 9.38. The Morgan fingerprint density at radius 3 is 2.75 bits per heavy atom. The number of rotatable bonds is 6. The maximum Gasteiger partial charge on any atom is 0.346 e. The maximum absolute atomic E-state index is 12.8. The third-order valence-corrected chi connectivity index (χ3v) is 6.69. The highest BCUT2D eigenvalue weighted by atomic mass is 32.1. The number of carboxylic acids is 1. The number of hydrogen-bond donors (Lipinski definition) is 2. The number of nitrogens with one attached hydrogen (secondary N) is 1. The van der Waals surface area contributed by atoms with Crippen LogP contribution in [0.15, 0.2) is 29.3 Å². The predicted molar refractivity (Wildman–Crippen MR) is 120 cm³/mol. The van der Waals surface area contributed by atoms with Crippen molar-refractivity contribution in [1.29, 1.82) is 0 Å². The average molecular weight is 473 g/mol. The molecule has 0 radical (unpaired) electrons. The molecule has 0 bridgehead atoms. The molecule has 0 unspecified atom stereocenters. The second-order valence-corrected chi connectivity index (χ2v) is 8.72. The van der Waals surface area contributed by atoms with Crippen molar-refractivity contribution >= 4 is 66.1 Å². The third-order valence-electron chi connectivity index (χ3n) is 4.57. The van der Waals surface area contributed by atoms with E-state index in [0.717, 1.165) is 15.9 Å². The van der Waals surface area contributed by atoms with Crippen LogP contribution in [-0.2, 0) is 16.1 Å². The first-order valence-corrected chi connectivity index (χ1v) is 11.0. The van der Waals surface area contributed by atoms with Crippen LogP contribution in [0.4, 0.5) is 5.13 Å². The number of amides is 1. The van der Waals surface area contributed by atoms with Crippen LogP contribution in [0.1, 0.15) is 32.5 Å². The molecule has 1 amide bonds. The Kier molecular flexibility index (Phi) is 5.72. The predicted octanol–water partition coefficient (Wildman–Crippen LogP) is 2.89. The minimum absolute atomic E-state index is 0.0449. The van der Waals surface area contributed by atoms with E-state index in [-0.39, 0.29) is 23.4 Å². The van der Waals surface area contributed by atoms with Crippen molar-refractivity contribution in [2.45, 2.75) is 20.4 Å². The maximum atomic E-state index is 12.8. The quantitative estimate of drug-likeness (QED) is 0.408. The average Bonchev–Trinajstić information content (AvgIpc) is 3.30. The number of carboxylic acid groups (broad SMARTS) is 1. The standard InChI is InChI=1S/C20H16N4O6S2/c1-3-30-19(29)10-4-5-11-12(6-10)31-20(22-11)23-13(25)7-24-8-21-16-14(17(24)26)9(2)15(32-16)18(27)28/h4-6,8H,3,7H2,1-2H3,(H,27,28)(H,22,23,25). The molecule has 2 N–H and O–H groups in total. The second-order valence-electron chi connectivity index (χ2n) is 6.69. The van der Waals surface area contributed by atoms with Crippen LogP contribution in [0, 0.1) is 6.92 Å². The van der Waals surface area contributed by atoms with E-state index in [1.165, 1.54) is 17.7 Å². The highest BCUT2D eigenvalue weighted by molar-refractivity contribution is 7.22. The van der Waals surface area contributed by atoms with Gasteiger partial charge in [-0.1, -0.05) is 11.3 Å². The topological polar surface area (TPSA) is 140 Å². The van der Waals surface area contributed by atoms with E-state index in [9.17, 15) is 24.3 Å². The van der Waals surface area contributed by atoms with Crippen molar-refractivity contribution in [3.05, 3.63) is 50.9 Å². The van der Waals surface area contributed by atoms with Gasteiger partial charge in [-0.05, 0) is 37.6 Å². The van der Waals surface area contributed by atoms with Gasteiger partial charge in [-0.2, -0.15) is 0 Å². The summed E-state index contributed by atoms with van der Waals surface area (Å²) in [5.41, 5.74) is 0.829. The molecule has 12 heteroatoms. The molecule has 0 aliphatic rings. The molecule has 3 heterocycles. The van der Waals surface area contributed by atoms with Gasteiger partial charge >= 0.3 is 11.9 Å². The molecule has 0 saturated carbocycles. The minimum atomic E-state index is -1.13. The molecule has 0 aliphatic carbocycles. The Bertz CT molecular complexity index is 1450. The zero-order chi connectivity index (χ0) is 23.0. The summed E-state index contributed by atoms with van der Waals surface area (Å²) in [6, 6.07) is 4.90. The van der Waals surface area contributed by atoms with Crippen molar-refractivity contribution in [3.63, 3.8) is 0 Å². The number of anilines is 1. The van der Waals surface area contributed by atoms with Crippen LogP contribution < -0.4 is 10.9 Å². The third kappa shape index (κ3) is 3.97. The number of nitrogens with zero attached hydrogens (tertiary/aromatic N) is 3. The summed E-state index contributed by atoms with van der Waals surface area (Å²) >= 11 is 2.10. The van der Waals surface area contributed by atoms with Crippen LogP contribution in [-0.4, -0.2) is 44.1 Å². The van der Waals surface area contributed by atoms with Gasteiger partial charge in [0.2, 0.25) is 5.91 Å². The second kappa shape index (κ2) is 8.48. The van der Waals surface area contributed by atoms with Gasteiger partial charge in [-0.25, -0.2) is 19.6 Å². The lowest BCUT2D eigenvalue weighted by atomic mass is 10.2. The monoisotopic (exact) mass is 472 g/mol. The van der Waals surface area contributed by atoms with E-state index in [1.807, 2.05) is 0 Å². The number of ether oxygens (including phenoxy) is 1. The summed E-state index contributed by atoms with van der Waals surface area (Å²) in [5.74, 6) is -2.06. The van der Waals surface area contributed by atoms with E-state index in [2.05, 4.69) is 15.3 Å². The van der Waals surface area contributed by atoms with Crippen LogP contribution in [0.25, 0.3) is 20.4 Å². The number of carbonyl (C=O) groups is 3. The molecule has 1 aromatic carbocycles.